The van der Waals surface area contributed by atoms with Crippen LogP contribution in [0, 0.1) is 0 Å². The van der Waals surface area contributed by atoms with E-state index >= 15 is 0 Å². The molecule has 18 heavy (non-hydrogen) atoms. The molecule has 2 N–H and O–H groups in total. The quantitative estimate of drug-likeness (QED) is 0.641. The van der Waals surface area contributed by atoms with E-state index in [1.54, 1.807) is 0 Å². The van der Waals surface area contributed by atoms with E-state index in [1.807, 2.05) is 19.1 Å². The molecule has 0 radical (unpaired) electrons. The molecule has 100 valence electrons. The SMILES string of the molecule is CCOCOc1cccc(N2CCC(N)CC2)c1. The van der Waals surface area contributed by atoms with Crippen LogP contribution in [-0.2, 0) is 4.74 Å². The predicted octanol–water partition coefficient (Wildman–Crippen LogP) is 1.99. The first kappa shape index (κ1) is 13.2. The molecule has 1 fully saturated rings. The zero-order valence-corrected chi connectivity index (χ0v) is 11.0. The van der Waals surface area contributed by atoms with Gasteiger partial charge in [0.1, 0.15) is 5.75 Å². The topological polar surface area (TPSA) is 47.7 Å². The van der Waals surface area contributed by atoms with Gasteiger partial charge in [0, 0.05) is 37.5 Å². The molecule has 0 amide bonds. The molecule has 1 aromatic rings. The van der Waals surface area contributed by atoms with Gasteiger partial charge in [-0.05, 0) is 31.9 Å². The number of benzene rings is 1. The Morgan fingerprint density at radius 3 is 2.83 bits per heavy atom. The van der Waals surface area contributed by atoms with Crippen molar-refractivity contribution in [1.82, 2.24) is 0 Å². The van der Waals surface area contributed by atoms with Crippen LogP contribution in [0.4, 0.5) is 5.69 Å². The Labute approximate surface area is 109 Å². The van der Waals surface area contributed by atoms with Gasteiger partial charge in [-0.2, -0.15) is 0 Å². The van der Waals surface area contributed by atoms with Crippen molar-refractivity contribution in [2.45, 2.75) is 25.8 Å². The largest absolute Gasteiger partial charge is 0.467 e. The molecule has 0 unspecified atom stereocenters. The molecule has 1 aliphatic rings. The number of hydrogen-bond acceptors (Lipinski definition) is 4. The third-order valence-electron chi connectivity index (χ3n) is 3.24. The zero-order chi connectivity index (χ0) is 12.8. The molecule has 1 aromatic carbocycles. The Hall–Kier alpha value is -1.26. The zero-order valence-electron chi connectivity index (χ0n) is 11.0. The molecule has 0 aliphatic carbocycles. The minimum atomic E-state index is 0.310. The van der Waals surface area contributed by atoms with E-state index < -0.39 is 0 Å². The van der Waals surface area contributed by atoms with Crippen LogP contribution in [0.2, 0.25) is 0 Å². The summed E-state index contributed by atoms with van der Waals surface area (Å²) in [5.74, 6) is 0.857. The first-order chi connectivity index (χ1) is 8.79. The second kappa shape index (κ2) is 6.61. The molecule has 4 nitrogen and oxygen atoms in total. The van der Waals surface area contributed by atoms with Gasteiger partial charge in [0.25, 0.3) is 0 Å². The van der Waals surface area contributed by atoms with Crippen molar-refractivity contribution < 1.29 is 9.47 Å². The summed E-state index contributed by atoms with van der Waals surface area (Å²) >= 11 is 0. The summed E-state index contributed by atoms with van der Waals surface area (Å²) in [6, 6.07) is 8.52. The van der Waals surface area contributed by atoms with Crippen LogP contribution in [-0.4, -0.2) is 32.5 Å². The lowest BCUT2D eigenvalue weighted by molar-refractivity contribution is 0.0224. The summed E-state index contributed by atoms with van der Waals surface area (Å²) in [7, 11) is 0. The van der Waals surface area contributed by atoms with Crippen molar-refractivity contribution in [2.24, 2.45) is 5.73 Å². The van der Waals surface area contributed by atoms with Gasteiger partial charge in [-0.3, -0.25) is 0 Å². The minimum absolute atomic E-state index is 0.310. The van der Waals surface area contributed by atoms with E-state index in [1.165, 1.54) is 5.69 Å². The van der Waals surface area contributed by atoms with E-state index in [0.29, 0.717) is 19.4 Å². The smallest absolute Gasteiger partial charge is 0.189 e. The number of piperidine rings is 1. The van der Waals surface area contributed by atoms with Crippen LogP contribution in [0.25, 0.3) is 0 Å². The monoisotopic (exact) mass is 250 g/mol. The molecule has 0 saturated carbocycles. The van der Waals surface area contributed by atoms with Crippen molar-refractivity contribution in [3.63, 3.8) is 0 Å². The normalized spacial score (nSPS) is 16.9. The van der Waals surface area contributed by atoms with Gasteiger partial charge in [-0.15, -0.1) is 0 Å². The van der Waals surface area contributed by atoms with Crippen LogP contribution in [0.3, 0.4) is 0 Å². The lowest BCUT2D eigenvalue weighted by Crippen LogP contribution is -2.39. The Kier molecular flexibility index (Phi) is 4.84. The van der Waals surface area contributed by atoms with Crippen LogP contribution in [0.15, 0.2) is 24.3 Å². The lowest BCUT2D eigenvalue weighted by atomic mass is 10.1. The van der Waals surface area contributed by atoms with Crippen LogP contribution in [0.5, 0.6) is 5.75 Å². The number of ether oxygens (including phenoxy) is 2. The second-order valence-corrected chi connectivity index (χ2v) is 4.58. The summed E-state index contributed by atoms with van der Waals surface area (Å²) in [4.78, 5) is 2.36. The second-order valence-electron chi connectivity index (χ2n) is 4.58. The van der Waals surface area contributed by atoms with E-state index in [-0.39, 0.29) is 0 Å². The fourth-order valence-electron chi connectivity index (χ4n) is 2.12. The molecule has 4 heteroatoms. The lowest BCUT2D eigenvalue weighted by Gasteiger charge is -2.32. The average Bonchev–Trinajstić information content (AvgIpc) is 2.40. The standard InChI is InChI=1S/C14H22N2O2/c1-2-17-11-18-14-5-3-4-13(10-14)16-8-6-12(15)7-9-16/h3-5,10,12H,2,6-9,11,15H2,1H3. The first-order valence-corrected chi connectivity index (χ1v) is 6.60. The number of nitrogens with two attached hydrogens (primary N) is 1. The van der Waals surface area contributed by atoms with Crippen LogP contribution >= 0.6 is 0 Å². The summed E-state index contributed by atoms with van der Waals surface area (Å²) < 4.78 is 10.7. The molecule has 1 aliphatic heterocycles. The highest BCUT2D eigenvalue weighted by Crippen LogP contribution is 2.23. The van der Waals surface area contributed by atoms with E-state index in [2.05, 4.69) is 17.0 Å². The molecule has 2 rings (SSSR count). The molecule has 1 saturated heterocycles. The van der Waals surface area contributed by atoms with Gasteiger partial charge < -0.3 is 20.1 Å². The van der Waals surface area contributed by atoms with Crippen molar-refractivity contribution in [3.8, 4) is 5.75 Å². The molecule has 1 heterocycles. The third kappa shape index (κ3) is 3.62. The Morgan fingerprint density at radius 2 is 2.11 bits per heavy atom. The van der Waals surface area contributed by atoms with Crippen molar-refractivity contribution in [3.05, 3.63) is 24.3 Å². The van der Waals surface area contributed by atoms with Gasteiger partial charge in [-0.25, -0.2) is 0 Å². The Bertz CT molecular complexity index is 363. The molecular formula is C14H22N2O2. The average molecular weight is 250 g/mol. The van der Waals surface area contributed by atoms with E-state index in [9.17, 15) is 0 Å². The van der Waals surface area contributed by atoms with Crippen molar-refractivity contribution in [2.75, 3.05) is 31.4 Å². The molecule has 0 atom stereocenters. The maximum Gasteiger partial charge on any atom is 0.189 e. The summed E-state index contributed by atoms with van der Waals surface area (Å²) in [6.07, 6.45) is 2.12. The summed E-state index contributed by atoms with van der Waals surface area (Å²) in [6.45, 7) is 4.98. The highest BCUT2D eigenvalue weighted by molar-refractivity contribution is 5.51. The molecule has 0 aromatic heterocycles. The number of nitrogens with zero attached hydrogens (tertiary/aromatic N) is 1. The van der Waals surface area contributed by atoms with Gasteiger partial charge in [0.05, 0.1) is 0 Å². The van der Waals surface area contributed by atoms with Gasteiger partial charge in [-0.1, -0.05) is 6.07 Å². The van der Waals surface area contributed by atoms with E-state index in [0.717, 1.165) is 31.7 Å². The summed E-state index contributed by atoms with van der Waals surface area (Å²) in [5, 5.41) is 0. The third-order valence-corrected chi connectivity index (χ3v) is 3.24. The van der Waals surface area contributed by atoms with E-state index in [4.69, 9.17) is 15.2 Å². The number of rotatable bonds is 5. The maximum atomic E-state index is 5.92. The number of anilines is 1. The van der Waals surface area contributed by atoms with Gasteiger partial charge in [0.15, 0.2) is 6.79 Å². The van der Waals surface area contributed by atoms with Gasteiger partial charge >= 0.3 is 0 Å². The highest BCUT2D eigenvalue weighted by Gasteiger charge is 2.16. The fraction of sp³-hybridized carbons (Fsp3) is 0.571. The summed E-state index contributed by atoms with van der Waals surface area (Å²) in [5.41, 5.74) is 7.12. The fourth-order valence-corrected chi connectivity index (χ4v) is 2.12. The molecule has 0 bridgehead atoms. The van der Waals surface area contributed by atoms with Crippen LogP contribution in [0.1, 0.15) is 19.8 Å². The first-order valence-electron chi connectivity index (χ1n) is 6.60. The Balaban J connectivity index is 1.94. The highest BCUT2D eigenvalue weighted by atomic mass is 16.7. The van der Waals surface area contributed by atoms with Gasteiger partial charge in [0.2, 0.25) is 0 Å². The molecular weight excluding hydrogens is 228 g/mol. The van der Waals surface area contributed by atoms with Crippen molar-refractivity contribution in [1.29, 1.82) is 0 Å². The van der Waals surface area contributed by atoms with Crippen molar-refractivity contribution >= 4 is 5.69 Å². The predicted molar refractivity (Wildman–Crippen MR) is 73.0 cm³/mol. The van der Waals surface area contributed by atoms with Crippen LogP contribution < -0.4 is 15.4 Å². The number of hydrogen-bond donors (Lipinski definition) is 1. The maximum absolute atomic E-state index is 5.92. The molecule has 0 spiro atoms. The Morgan fingerprint density at radius 1 is 1.33 bits per heavy atom. The minimum Gasteiger partial charge on any atom is -0.467 e.